The van der Waals surface area contributed by atoms with Gasteiger partial charge < -0.3 is 15.4 Å². The highest BCUT2D eigenvalue weighted by Crippen LogP contribution is 2.38. The molecule has 1 atom stereocenters. The maximum absolute atomic E-state index is 12.8. The summed E-state index contributed by atoms with van der Waals surface area (Å²) in [5.41, 5.74) is 1.60. The van der Waals surface area contributed by atoms with E-state index in [-0.39, 0.29) is 31.2 Å². The molecule has 2 amide bonds. The number of hydrogen-bond donors (Lipinski definition) is 3. The first kappa shape index (κ1) is 28.6. The van der Waals surface area contributed by atoms with Crippen molar-refractivity contribution < 1.29 is 32.1 Å². The summed E-state index contributed by atoms with van der Waals surface area (Å²) >= 11 is 0. The average Bonchev–Trinajstić information content (AvgIpc) is 2.60. The third kappa shape index (κ3) is 9.55. The van der Waals surface area contributed by atoms with Crippen molar-refractivity contribution in [2.75, 3.05) is 12.3 Å². The smallest absolute Gasteiger partial charge is 0.334 e. The normalized spacial score (nSPS) is 12.8. The number of ether oxygens (including phenoxy) is 1. The van der Waals surface area contributed by atoms with Crippen molar-refractivity contribution in [1.82, 2.24) is 10.6 Å². The Balaban J connectivity index is 3.10. The fourth-order valence-electron chi connectivity index (χ4n) is 3.73. The number of hydrogen-bond acceptors (Lipinski definition) is 6. The molecule has 0 unspecified atom stereocenters. The molecule has 1 aromatic rings. The fourth-order valence-corrected chi connectivity index (χ4v) is 4.24. The zero-order valence-corrected chi connectivity index (χ0v) is 20.8. The molecule has 9 nitrogen and oxygen atoms in total. The molecule has 182 valence electrons. The van der Waals surface area contributed by atoms with Gasteiger partial charge in [-0.05, 0) is 43.4 Å². The Morgan fingerprint density at radius 3 is 2.30 bits per heavy atom. The summed E-state index contributed by atoms with van der Waals surface area (Å²) in [6.07, 6.45) is 0.126. The first-order valence-electron chi connectivity index (χ1n) is 10.6. The van der Waals surface area contributed by atoms with Gasteiger partial charge in [-0.15, -0.1) is 0 Å². The van der Waals surface area contributed by atoms with Crippen molar-refractivity contribution in [3.05, 3.63) is 28.8 Å². The van der Waals surface area contributed by atoms with Crippen LogP contribution in [-0.2, 0) is 25.1 Å². The number of benzene rings is 1. The number of aryl methyl sites for hydroxylation is 2. The predicted molar refractivity (Wildman–Crippen MR) is 126 cm³/mol. The van der Waals surface area contributed by atoms with Crippen LogP contribution in [0.5, 0.6) is 5.75 Å². The largest absolute Gasteiger partial charge is 0.425 e. The molecule has 0 fully saturated rings. The van der Waals surface area contributed by atoms with Gasteiger partial charge in [0.1, 0.15) is 11.8 Å². The summed E-state index contributed by atoms with van der Waals surface area (Å²) < 4.78 is 36.1. The summed E-state index contributed by atoms with van der Waals surface area (Å²) in [6.45, 7) is 11.0. The number of nitrogens with one attached hydrogen (secondary N) is 2. The molecule has 1 aromatic carbocycles. The SMILES string of the molecule is [B]C(=O)N[C@H](C(=O)Oc1cc(C)cc(C)c1C(C)(C)CC(=O)NCCCS(=O)(=O)O)C(C)C. The third-order valence-corrected chi connectivity index (χ3v) is 5.86. The summed E-state index contributed by atoms with van der Waals surface area (Å²) in [6, 6.07) is 2.68. The van der Waals surface area contributed by atoms with Crippen LogP contribution in [0.3, 0.4) is 0 Å². The van der Waals surface area contributed by atoms with Crippen molar-refractivity contribution >= 4 is 35.6 Å². The third-order valence-electron chi connectivity index (χ3n) is 5.05. The molecule has 0 saturated carbocycles. The van der Waals surface area contributed by atoms with E-state index in [1.54, 1.807) is 19.9 Å². The van der Waals surface area contributed by atoms with Gasteiger partial charge in [-0.25, -0.2) is 4.79 Å². The molecule has 0 aromatic heterocycles. The van der Waals surface area contributed by atoms with Crippen LogP contribution in [-0.4, -0.2) is 56.8 Å². The van der Waals surface area contributed by atoms with Gasteiger partial charge in [0.2, 0.25) is 13.8 Å². The van der Waals surface area contributed by atoms with Crippen molar-refractivity contribution in [3.63, 3.8) is 0 Å². The van der Waals surface area contributed by atoms with E-state index in [1.165, 1.54) is 0 Å². The van der Waals surface area contributed by atoms with Gasteiger partial charge in [0.25, 0.3) is 10.1 Å². The molecule has 0 aliphatic heterocycles. The first-order valence-corrected chi connectivity index (χ1v) is 12.3. The van der Waals surface area contributed by atoms with Gasteiger partial charge in [0.15, 0.2) is 5.81 Å². The number of rotatable bonds is 11. The van der Waals surface area contributed by atoms with Crippen LogP contribution in [0.4, 0.5) is 4.79 Å². The Morgan fingerprint density at radius 2 is 1.79 bits per heavy atom. The summed E-state index contributed by atoms with van der Waals surface area (Å²) in [7, 11) is 1.11. The lowest BCUT2D eigenvalue weighted by molar-refractivity contribution is -0.137. The lowest BCUT2D eigenvalue weighted by atomic mass is 9.78. The highest BCUT2D eigenvalue weighted by molar-refractivity contribution is 7.85. The van der Waals surface area contributed by atoms with Gasteiger partial charge in [0.05, 0.1) is 5.75 Å². The minimum atomic E-state index is -4.08. The first-order chi connectivity index (χ1) is 15.0. The molecule has 11 heteroatoms. The lowest BCUT2D eigenvalue weighted by Gasteiger charge is -2.30. The molecule has 0 bridgehead atoms. The van der Waals surface area contributed by atoms with Crippen LogP contribution in [0, 0.1) is 19.8 Å². The maximum atomic E-state index is 12.8. The van der Waals surface area contributed by atoms with E-state index in [4.69, 9.17) is 17.1 Å². The molecule has 0 aliphatic carbocycles. The molecule has 1 rings (SSSR count). The molecule has 2 radical (unpaired) electrons. The van der Waals surface area contributed by atoms with E-state index in [0.717, 1.165) is 11.1 Å². The molecule has 0 aliphatic rings. The van der Waals surface area contributed by atoms with Crippen LogP contribution in [0.2, 0.25) is 0 Å². The Morgan fingerprint density at radius 1 is 1.18 bits per heavy atom. The molecule has 0 spiro atoms. The molecular weight excluding hydrogens is 447 g/mol. The van der Waals surface area contributed by atoms with E-state index in [2.05, 4.69) is 10.6 Å². The average molecular weight is 480 g/mol. The second kappa shape index (κ2) is 11.6. The second-order valence-corrected chi connectivity index (χ2v) is 10.7. The molecule has 33 heavy (non-hydrogen) atoms. The zero-order valence-electron chi connectivity index (χ0n) is 20.0. The van der Waals surface area contributed by atoms with E-state index >= 15 is 0 Å². The Hall–Kier alpha value is -2.40. The maximum Gasteiger partial charge on any atom is 0.334 e. The predicted octanol–water partition coefficient (Wildman–Crippen LogP) is 2.17. The van der Waals surface area contributed by atoms with Crippen molar-refractivity contribution in [1.29, 1.82) is 0 Å². The molecule has 0 heterocycles. The second-order valence-electron chi connectivity index (χ2n) is 9.16. The number of carbonyl (C=O) groups is 3. The minimum Gasteiger partial charge on any atom is -0.425 e. The number of carbonyl (C=O) groups excluding carboxylic acids is 3. The van der Waals surface area contributed by atoms with E-state index < -0.39 is 39.1 Å². The standard InChI is InChI=1S/C22H33BN2O7S/c1-13(2)19(25-21(23)28)20(27)32-16-11-14(3)10-15(4)18(16)22(5,6)12-17(26)24-8-7-9-33(29,30)31/h10-11,13,19H,7-9,12H2,1-6H3,(H,24,26)(H,25,28)(H,29,30,31)/t19-/m0/s1. The Kier molecular flexibility index (Phi) is 10.1. The van der Waals surface area contributed by atoms with E-state index in [9.17, 15) is 22.8 Å². The molecule has 3 N–H and O–H groups in total. The zero-order chi connectivity index (χ0) is 25.6. The van der Waals surface area contributed by atoms with Crippen LogP contribution >= 0.6 is 0 Å². The van der Waals surface area contributed by atoms with E-state index in [0.29, 0.717) is 11.3 Å². The van der Waals surface area contributed by atoms with Crippen LogP contribution in [0.1, 0.15) is 57.2 Å². The van der Waals surface area contributed by atoms with Crippen LogP contribution in [0.25, 0.3) is 0 Å². The quantitative estimate of drug-likeness (QED) is 0.145. The summed E-state index contributed by atoms with van der Waals surface area (Å²) in [4.78, 5) is 36.6. The minimum absolute atomic E-state index is 0.0421. The van der Waals surface area contributed by atoms with Gasteiger partial charge in [-0.3, -0.25) is 14.1 Å². The summed E-state index contributed by atoms with van der Waals surface area (Å²) in [5.74, 6) is -2.23. The highest BCUT2D eigenvalue weighted by Gasteiger charge is 2.32. The highest BCUT2D eigenvalue weighted by atomic mass is 32.2. The number of amides is 2. The van der Waals surface area contributed by atoms with Gasteiger partial charge in [0, 0.05) is 23.9 Å². The van der Waals surface area contributed by atoms with E-state index in [1.807, 2.05) is 33.8 Å². The number of esters is 1. The molecule has 0 saturated heterocycles. The van der Waals surface area contributed by atoms with Gasteiger partial charge >= 0.3 is 5.97 Å². The monoisotopic (exact) mass is 480 g/mol. The van der Waals surface area contributed by atoms with Crippen LogP contribution in [0.15, 0.2) is 12.1 Å². The molecular formula is C22H33BN2O7S. The van der Waals surface area contributed by atoms with Gasteiger partial charge in [-0.2, -0.15) is 8.42 Å². The topological polar surface area (TPSA) is 139 Å². The van der Waals surface area contributed by atoms with Crippen molar-refractivity contribution in [2.45, 2.75) is 65.8 Å². The summed E-state index contributed by atoms with van der Waals surface area (Å²) in [5, 5.41) is 5.04. The Labute approximate surface area is 197 Å². The Bertz CT molecular complexity index is 991. The fraction of sp³-hybridized carbons (Fsp3) is 0.591. The van der Waals surface area contributed by atoms with Crippen molar-refractivity contribution in [3.8, 4) is 5.75 Å². The van der Waals surface area contributed by atoms with Gasteiger partial charge in [-0.1, -0.05) is 33.8 Å². The van der Waals surface area contributed by atoms with Crippen molar-refractivity contribution in [2.24, 2.45) is 5.92 Å². The lowest BCUT2D eigenvalue weighted by Crippen LogP contribution is -2.46. The van der Waals surface area contributed by atoms with Crippen LogP contribution < -0.4 is 15.4 Å².